The molecule has 0 aliphatic heterocycles. The van der Waals surface area contributed by atoms with Gasteiger partial charge < -0.3 is 5.32 Å². The van der Waals surface area contributed by atoms with Crippen LogP contribution < -0.4 is 5.32 Å². The van der Waals surface area contributed by atoms with Crippen LogP contribution >= 0.6 is 0 Å². The van der Waals surface area contributed by atoms with Crippen LogP contribution in [0.2, 0.25) is 0 Å². The number of anilines is 1. The third-order valence-corrected chi connectivity index (χ3v) is 6.60. The summed E-state index contributed by atoms with van der Waals surface area (Å²) >= 11 is 0. The molecule has 0 saturated carbocycles. The number of carbonyl (C=O) groups excluding carboxylic acids is 1. The SMILES string of the molecule is CN(Cc1ccccc1)S(=O)(=O)c1ccc(NC(=O)c2cnn(-c3ccccc3)n2)cc1. The zero-order valence-corrected chi connectivity index (χ0v) is 18.1. The first-order valence-corrected chi connectivity index (χ1v) is 11.3. The van der Waals surface area contributed by atoms with Gasteiger partial charge in [-0.25, -0.2) is 8.42 Å². The summed E-state index contributed by atoms with van der Waals surface area (Å²) < 4.78 is 27.0. The summed E-state index contributed by atoms with van der Waals surface area (Å²) in [6.45, 7) is 0.263. The molecule has 4 rings (SSSR count). The lowest BCUT2D eigenvalue weighted by atomic mass is 10.2. The van der Waals surface area contributed by atoms with Crippen molar-refractivity contribution in [1.29, 1.82) is 0 Å². The summed E-state index contributed by atoms with van der Waals surface area (Å²) in [5, 5.41) is 11.0. The van der Waals surface area contributed by atoms with Crippen molar-refractivity contribution in [2.45, 2.75) is 11.4 Å². The van der Waals surface area contributed by atoms with Gasteiger partial charge in [-0.05, 0) is 42.0 Å². The Hall–Kier alpha value is -3.82. The topological polar surface area (TPSA) is 97.2 Å². The Kier molecular flexibility index (Phi) is 6.11. The molecular formula is C23H21N5O3S. The van der Waals surface area contributed by atoms with E-state index < -0.39 is 15.9 Å². The van der Waals surface area contributed by atoms with E-state index in [1.807, 2.05) is 60.7 Å². The molecular weight excluding hydrogens is 426 g/mol. The highest BCUT2D eigenvalue weighted by molar-refractivity contribution is 7.89. The number of benzene rings is 3. The van der Waals surface area contributed by atoms with Crippen molar-refractivity contribution in [1.82, 2.24) is 19.3 Å². The molecule has 0 radical (unpaired) electrons. The van der Waals surface area contributed by atoms with Gasteiger partial charge in [0.15, 0.2) is 5.69 Å². The van der Waals surface area contributed by atoms with E-state index in [0.29, 0.717) is 5.69 Å². The number of hydrogen-bond donors (Lipinski definition) is 1. The number of aromatic nitrogens is 3. The molecule has 0 fully saturated rings. The minimum Gasteiger partial charge on any atom is -0.321 e. The summed E-state index contributed by atoms with van der Waals surface area (Å²) in [5.41, 5.74) is 2.23. The Balaban J connectivity index is 1.43. The lowest BCUT2D eigenvalue weighted by molar-refractivity contribution is 0.102. The fourth-order valence-corrected chi connectivity index (χ4v) is 4.22. The van der Waals surface area contributed by atoms with Crippen LogP contribution in [-0.4, -0.2) is 40.7 Å². The van der Waals surface area contributed by atoms with Crippen molar-refractivity contribution >= 4 is 21.6 Å². The van der Waals surface area contributed by atoms with Crippen LogP contribution in [0.1, 0.15) is 16.1 Å². The van der Waals surface area contributed by atoms with Crippen molar-refractivity contribution in [2.75, 3.05) is 12.4 Å². The van der Waals surface area contributed by atoms with E-state index in [4.69, 9.17) is 0 Å². The maximum Gasteiger partial charge on any atom is 0.277 e. The normalized spacial score (nSPS) is 11.4. The molecule has 4 aromatic rings. The Bertz CT molecular complexity index is 1300. The molecule has 1 N–H and O–H groups in total. The minimum absolute atomic E-state index is 0.143. The quantitative estimate of drug-likeness (QED) is 0.469. The van der Waals surface area contributed by atoms with E-state index in [1.165, 1.54) is 34.5 Å². The third-order valence-electron chi connectivity index (χ3n) is 4.78. The summed E-state index contributed by atoms with van der Waals surface area (Å²) in [6, 6.07) is 24.6. The van der Waals surface area contributed by atoms with Gasteiger partial charge in [0.25, 0.3) is 5.91 Å². The van der Waals surface area contributed by atoms with Gasteiger partial charge >= 0.3 is 0 Å². The van der Waals surface area contributed by atoms with Crippen LogP contribution in [0, 0.1) is 0 Å². The molecule has 0 saturated heterocycles. The predicted octanol–water partition coefficient (Wildman–Crippen LogP) is 3.34. The first-order chi connectivity index (χ1) is 15.4. The van der Waals surface area contributed by atoms with E-state index in [-0.39, 0.29) is 17.1 Å². The first-order valence-electron chi connectivity index (χ1n) is 9.83. The highest BCUT2D eigenvalue weighted by Gasteiger charge is 2.21. The molecule has 0 spiro atoms. The van der Waals surface area contributed by atoms with Crippen LogP contribution in [0.15, 0.2) is 96.0 Å². The highest BCUT2D eigenvalue weighted by atomic mass is 32.2. The van der Waals surface area contributed by atoms with Crippen LogP contribution in [-0.2, 0) is 16.6 Å². The number of hydrogen-bond acceptors (Lipinski definition) is 5. The zero-order valence-electron chi connectivity index (χ0n) is 17.3. The number of carbonyl (C=O) groups is 1. The molecule has 8 nitrogen and oxygen atoms in total. The first kappa shape index (κ1) is 21.4. The number of rotatable bonds is 7. The van der Waals surface area contributed by atoms with Gasteiger partial charge in [-0.3, -0.25) is 4.79 Å². The zero-order chi connectivity index (χ0) is 22.6. The van der Waals surface area contributed by atoms with Crippen molar-refractivity contribution in [2.24, 2.45) is 0 Å². The average molecular weight is 448 g/mol. The van der Waals surface area contributed by atoms with Crippen molar-refractivity contribution in [3.8, 4) is 5.69 Å². The van der Waals surface area contributed by atoms with Crippen molar-refractivity contribution in [3.05, 3.63) is 102 Å². The van der Waals surface area contributed by atoms with Gasteiger partial charge in [-0.1, -0.05) is 48.5 Å². The predicted molar refractivity (Wildman–Crippen MR) is 121 cm³/mol. The molecule has 0 unspecified atom stereocenters. The summed E-state index contributed by atoms with van der Waals surface area (Å²) in [6.07, 6.45) is 1.37. The molecule has 0 atom stereocenters. The van der Waals surface area contributed by atoms with E-state index >= 15 is 0 Å². The molecule has 1 heterocycles. The second-order valence-corrected chi connectivity index (χ2v) is 9.12. The molecule has 0 aliphatic carbocycles. The Morgan fingerprint density at radius 2 is 1.56 bits per heavy atom. The van der Waals surface area contributed by atoms with E-state index in [1.54, 1.807) is 12.1 Å². The maximum absolute atomic E-state index is 12.8. The smallest absolute Gasteiger partial charge is 0.277 e. The third kappa shape index (κ3) is 4.74. The number of sulfonamides is 1. The standard InChI is InChI=1S/C23H21N5O3S/c1-27(17-18-8-4-2-5-9-18)32(30,31)21-14-12-19(13-15-21)25-23(29)22-16-24-28(26-22)20-10-6-3-7-11-20/h2-16H,17H2,1H3,(H,25,29). The molecule has 1 amide bonds. The number of nitrogens with zero attached hydrogens (tertiary/aromatic N) is 4. The lowest BCUT2D eigenvalue weighted by Crippen LogP contribution is -2.26. The number of nitrogens with one attached hydrogen (secondary N) is 1. The van der Waals surface area contributed by atoms with Crippen molar-refractivity contribution < 1.29 is 13.2 Å². The minimum atomic E-state index is -3.67. The summed E-state index contributed by atoms with van der Waals surface area (Å²) in [4.78, 5) is 14.0. The second-order valence-electron chi connectivity index (χ2n) is 7.08. The summed E-state index contributed by atoms with van der Waals surface area (Å²) in [7, 11) is -2.13. The van der Waals surface area contributed by atoms with Gasteiger partial charge in [0.2, 0.25) is 10.0 Å². The largest absolute Gasteiger partial charge is 0.321 e. The second kappa shape index (κ2) is 9.13. The van der Waals surface area contributed by atoms with Gasteiger partial charge in [0.1, 0.15) is 0 Å². The van der Waals surface area contributed by atoms with E-state index in [9.17, 15) is 13.2 Å². The highest BCUT2D eigenvalue weighted by Crippen LogP contribution is 2.19. The van der Waals surface area contributed by atoms with Gasteiger partial charge in [-0.15, -0.1) is 5.10 Å². The van der Waals surface area contributed by atoms with Gasteiger partial charge in [0.05, 0.1) is 16.8 Å². The van der Waals surface area contributed by atoms with Gasteiger partial charge in [0, 0.05) is 19.3 Å². The molecule has 1 aromatic heterocycles. The Morgan fingerprint density at radius 3 is 2.22 bits per heavy atom. The molecule has 162 valence electrons. The van der Waals surface area contributed by atoms with Crippen LogP contribution in [0.25, 0.3) is 5.69 Å². The fourth-order valence-electron chi connectivity index (χ4n) is 3.06. The summed E-state index contributed by atoms with van der Waals surface area (Å²) in [5.74, 6) is -0.441. The van der Waals surface area contributed by atoms with Crippen LogP contribution in [0.4, 0.5) is 5.69 Å². The monoisotopic (exact) mass is 447 g/mol. The van der Waals surface area contributed by atoms with Gasteiger partial charge in [-0.2, -0.15) is 14.2 Å². The Morgan fingerprint density at radius 1 is 0.938 bits per heavy atom. The number of amides is 1. The maximum atomic E-state index is 12.8. The molecule has 0 bridgehead atoms. The van der Waals surface area contributed by atoms with E-state index in [0.717, 1.165) is 11.3 Å². The Labute approximate surface area is 186 Å². The fraction of sp³-hybridized carbons (Fsp3) is 0.0870. The average Bonchev–Trinajstić information content (AvgIpc) is 3.31. The number of para-hydroxylation sites is 1. The molecule has 9 heteroatoms. The van der Waals surface area contributed by atoms with Crippen LogP contribution in [0.3, 0.4) is 0 Å². The van der Waals surface area contributed by atoms with E-state index in [2.05, 4.69) is 15.5 Å². The molecule has 3 aromatic carbocycles. The molecule has 32 heavy (non-hydrogen) atoms. The molecule has 0 aliphatic rings. The van der Waals surface area contributed by atoms with Crippen molar-refractivity contribution in [3.63, 3.8) is 0 Å². The lowest BCUT2D eigenvalue weighted by Gasteiger charge is -2.17. The van der Waals surface area contributed by atoms with Crippen LogP contribution in [0.5, 0.6) is 0 Å².